The molecule has 2 rings (SSSR count). The molecule has 1 aliphatic rings. The quantitative estimate of drug-likeness (QED) is 0.570. The first kappa shape index (κ1) is 16.7. The van der Waals surface area contributed by atoms with Crippen LogP contribution in [0.3, 0.4) is 0 Å². The summed E-state index contributed by atoms with van der Waals surface area (Å²) in [4.78, 5) is 35.2. The van der Waals surface area contributed by atoms with Gasteiger partial charge in [-0.25, -0.2) is 9.18 Å². The molecule has 0 bridgehead atoms. The number of rotatable bonds is 4. The van der Waals surface area contributed by atoms with Crippen molar-refractivity contribution < 1.29 is 23.5 Å². The number of carbonyl (C=O) groups is 3. The first-order valence-electron chi connectivity index (χ1n) is 7.25. The molecule has 0 radical (unpaired) electrons. The molecule has 0 spiro atoms. The number of benzene rings is 1. The lowest BCUT2D eigenvalue weighted by molar-refractivity contribution is -0.128. The average Bonchev–Trinajstić information content (AvgIpc) is 2.76. The predicted octanol–water partition coefficient (Wildman–Crippen LogP) is 1.11. The molecule has 23 heavy (non-hydrogen) atoms. The van der Waals surface area contributed by atoms with Gasteiger partial charge in [-0.05, 0) is 25.0 Å². The van der Waals surface area contributed by atoms with Crippen LogP contribution in [-0.4, -0.2) is 30.9 Å². The maximum absolute atomic E-state index is 13.8. The largest absolute Gasteiger partial charge is 0.465 e. The number of carbonyl (C=O) groups excluding carboxylic acids is 3. The highest BCUT2D eigenvalue weighted by Gasteiger charge is 2.24. The minimum atomic E-state index is -0.859. The van der Waals surface area contributed by atoms with Gasteiger partial charge < -0.3 is 10.1 Å². The Hall–Kier alpha value is -2.64. The number of ether oxygens (including phenoxy) is 1. The summed E-state index contributed by atoms with van der Waals surface area (Å²) < 4.78 is 18.3. The Morgan fingerprint density at radius 1 is 1.35 bits per heavy atom. The number of hydrogen-bond acceptors (Lipinski definition) is 5. The molecule has 0 aliphatic carbocycles. The smallest absolute Gasteiger partial charge is 0.343 e. The molecular weight excluding hydrogens is 305 g/mol. The highest BCUT2D eigenvalue weighted by Crippen LogP contribution is 2.19. The number of amides is 2. The Labute approximate surface area is 132 Å². The number of hydrogen-bond donors (Lipinski definition) is 3. The zero-order valence-electron chi connectivity index (χ0n) is 12.6. The molecule has 1 saturated heterocycles. The Bertz CT molecular complexity index is 621. The fourth-order valence-electron chi connectivity index (χ4n) is 2.32. The molecule has 1 heterocycles. The summed E-state index contributed by atoms with van der Waals surface area (Å²) in [6.45, 7) is 0. The molecule has 8 heteroatoms. The minimum Gasteiger partial charge on any atom is -0.465 e. The van der Waals surface area contributed by atoms with E-state index in [4.69, 9.17) is 0 Å². The summed E-state index contributed by atoms with van der Waals surface area (Å²) in [7, 11) is 1.14. The second kappa shape index (κ2) is 7.57. The Kier molecular flexibility index (Phi) is 5.51. The average molecular weight is 323 g/mol. The monoisotopic (exact) mass is 323 g/mol. The van der Waals surface area contributed by atoms with Crippen molar-refractivity contribution in [1.82, 2.24) is 10.7 Å². The summed E-state index contributed by atoms with van der Waals surface area (Å²) in [6.07, 6.45) is 2.41. The van der Waals surface area contributed by atoms with Crippen molar-refractivity contribution in [1.29, 1.82) is 0 Å². The number of nitrogens with one attached hydrogen (secondary N) is 3. The van der Waals surface area contributed by atoms with Crippen LogP contribution in [-0.2, 0) is 14.3 Å². The molecule has 1 unspecified atom stereocenters. The molecular formula is C15H18FN3O4. The maximum atomic E-state index is 13.8. The molecule has 1 aromatic carbocycles. The van der Waals surface area contributed by atoms with Crippen molar-refractivity contribution in [2.45, 2.75) is 31.7 Å². The zero-order chi connectivity index (χ0) is 16.8. The van der Waals surface area contributed by atoms with E-state index in [0.717, 1.165) is 26.0 Å². The third-order valence-corrected chi connectivity index (χ3v) is 3.52. The Morgan fingerprint density at radius 3 is 2.87 bits per heavy atom. The van der Waals surface area contributed by atoms with Gasteiger partial charge in [0.15, 0.2) is 0 Å². The number of esters is 1. The van der Waals surface area contributed by atoms with Crippen molar-refractivity contribution in [2.75, 3.05) is 12.5 Å². The van der Waals surface area contributed by atoms with E-state index >= 15 is 0 Å². The van der Waals surface area contributed by atoms with Crippen molar-refractivity contribution in [3.8, 4) is 0 Å². The van der Waals surface area contributed by atoms with E-state index in [2.05, 4.69) is 20.9 Å². The van der Waals surface area contributed by atoms with Crippen LogP contribution in [0.15, 0.2) is 18.2 Å². The van der Waals surface area contributed by atoms with Gasteiger partial charge in [0.1, 0.15) is 17.4 Å². The summed E-state index contributed by atoms with van der Waals surface area (Å²) in [5.74, 6) is -2.26. The van der Waals surface area contributed by atoms with Gasteiger partial charge in [0.2, 0.25) is 5.91 Å². The fraction of sp³-hybridized carbons (Fsp3) is 0.400. The number of halogens is 1. The lowest BCUT2D eigenvalue weighted by Crippen LogP contribution is -2.47. The van der Waals surface area contributed by atoms with Gasteiger partial charge in [0, 0.05) is 6.42 Å². The SMILES string of the molecule is COC(=O)c1c(F)cccc1NNC(=O)C1CCCCC(=O)N1. The zero-order valence-corrected chi connectivity index (χ0v) is 12.6. The molecule has 124 valence electrons. The Morgan fingerprint density at radius 2 is 2.13 bits per heavy atom. The van der Waals surface area contributed by atoms with Gasteiger partial charge in [-0.3, -0.25) is 20.4 Å². The molecule has 0 aromatic heterocycles. The molecule has 7 nitrogen and oxygen atoms in total. The van der Waals surface area contributed by atoms with Crippen LogP contribution in [0.2, 0.25) is 0 Å². The van der Waals surface area contributed by atoms with Crippen LogP contribution in [0.25, 0.3) is 0 Å². The van der Waals surface area contributed by atoms with Gasteiger partial charge in [-0.2, -0.15) is 0 Å². The van der Waals surface area contributed by atoms with Gasteiger partial charge in [0.05, 0.1) is 12.8 Å². The molecule has 1 fully saturated rings. The number of methoxy groups -OCH3 is 1. The molecule has 0 saturated carbocycles. The summed E-state index contributed by atoms with van der Waals surface area (Å²) in [6, 6.07) is 3.28. The van der Waals surface area contributed by atoms with Crippen molar-refractivity contribution in [3.63, 3.8) is 0 Å². The molecule has 3 N–H and O–H groups in total. The van der Waals surface area contributed by atoms with Gasteiger partial charge in [-0.15, -0.1) is 0 Å². The highest BCUT2D eigenvalue weighted by molar-refractivity contribution is 5.96. The number of anilines is 1. The topological polar surface area (TPSA) is 96.5 Å². The molecule has 1 atom stereocenters. The van der Waals surface area contributed by atoms with E-state index < -0.39 is 23.7 Å². The molecule has 2 amide bonds. The standard InChI is InChI=1S/C15H18FN3O4/c1-23-15(22)13-9(16)5-4-7-10(13)18-19-14(21)11-6-2-3-8-12(20)17-11/h4-5,7,11,18H,2-3,6,8H2,1H3,(H,17,20)(H,19,21). The fourth-order valence-corrected chi connectivity index (χ4v) is 2.32. The normalized spacial score (nSPS) is 17.7. The van der Waals surface area contributed by atoms with E-state index in [1.54, 1.807) is 0 Å². The van der Waals surface area contributed by atoms with E-state index in [-0.39, 0.29) is 17.2 Å². The van der Waals surface area contributed by atoms with Crippen molar-refractivity contribution in [2.24, 2.45) is 0 Å². The lowest BCUT2D eigenvalue weighted by atomic mass is 10.1. The van der Waals surface area contributed by atoms with Crippen LogP contribution in [0.1, 0.15) is 36.0 Å². The first-order valence-corrected chi connectivity index (χ1v) is 7.25. The second-order valence-corrected chi connectivity index (χ2v) is 5.13. The summed E-state index contributed by atoms with van der Waals surface area (Å²) in [5.41, 5.74) is 4.66. The van der Waals surface area contributed by atoms with Crippen LogP contribution < -0.4 is 16.2 Å². The van der Waals surface area contributed by atoms with Crippen LogP contribution in [0, 0.1) is 5.82 Å². The van der Waals surface area contributed by atoms with E-state index in [1.807, 2.05) is 0 Å². The predicted molar refractivity (Wildman–Crippen MR) is 79.9 cm³/mol. The first-order chi connectivity index (χ1) is 11.0. The van der Waals surface area contributed by atoms with Crippen LogP contribution in [0.5, 0.6) is 0 Å². The van der Waals surface area contributed by atoms with Gasteiger partial charge in [0.25, 0.3) is 5.91 Å². The third-order valence-electron chi connectivity index (χ3n) is 3.52. The maximum Gasteiger partial charge on any atom is 0.343 e. The van der Waals surface area contributed by atoms with E-state index in [0.29, 0.717) is 12.8 Å². The van der Waals surface area contributed by atoms with Crippen molar-refractivity contribution in [3.05, 3.63) is 29.6 Å². The van der Waals surface area contributed by atoms with Gasteiger partial charge in [-0.1, -0.05) is 12.5 Å². The van der Waals surface area contributed by atoms with Crippen LogP contribution in [0.4, 0.5) is 10.1 Å². The lowest BCUT2D eigenvalue weighted by Gasteiger charge is -2.17. The Balaban J connectivity index is 2.05. The summed E-state index contributed by atoms with van der Waals surface area (Å²) in [5, 5.41) is 2.62. The van der Waals surface area contributed by atoms with E-state index in [9.17, 15) is 18.8 Å². The minimum absolute atomic E-state index is 0.0742. The van der Waals surface area contributed by atoms with Crippen LogP contribution >= 0.6 is 0 Å². The van der Waals surface area contributed by atoms with Crippen molar-refractivity contribution >= 4 is 23.5 Å². The molecule has 1 aliphatic heterocycles. The highest BCUT2D eigenvalue weighted by atomic mass is 19.1. The van der Waals surface area contributed by atoms with E-state index in [1.165, 1.54) is 12.1 Å². The molecule has 1 aromatic rings. The number of hydrazine groups is 1. The second-order valence-electron chi connectivity index (χ2n) is 5.13. The van der Waals surface area contributed by atoms with Gasteiger partial charge >= 0.3 is 5.97 Å². The summed E-state index contributed by atoms with van der Waals surface area (Å²) >= 11 is 0. The third kappa shape index (κ3) is 4.18.